The van der Waals surface area contributed by atoms with E-state index in [-0.39, 0.29) is 6.04 Å². The maximum Gasteiger partial charge on any atom is 0.107 e. The van der Waals surface area contributed by atoms with Crippen molar-refractivity contribution < 1.29 is 8.78 Å². The van der Waals surface area contributed by atoms with E-state index in [1.54, 1.807) is 0 Å². The summed E-state index contributed by atoms with van der Waals surface area (Å²) in [7, 11) is 0. The number of piperidine rings is 1. The van der Waals surface area contributed by atoms with Crippen molar-refractivity contribution >= 4 is 0 Å². The molecule has 0 saturated carbocycles. The van der Waals surface area contributed by atoms with Crippen molar-refractivity contribution in [2.45, 2.75) is 24.9 Å². The summed E-state index contributed by atoms with van der Waals surface area (Å²) >= 11 is 0. The number of likely N-dealkylation sites (tertiary alicyclic amines) is 1. The van der Waals surface area contributed by atoms with Crippen molar-refractivity contribution in [3.05, 3.63) is 0 Å². The molecule has 1 unspecified atom stereocenters. The number of hydrogen-bond donors (Lipinski definition) is 1. The van der Waals surface area contributed by atoms with E-state index in [9.17, 15) is 8.78 Å². The third-order valence-electron chi connectivity index (χ3n) is 2.36. The lowest BCUT2D eigenvalue weighted by Gasteiger charge is -2.34. The van der Waals surface area contributed by atoms with Crippen LogP contribution in [-0.4, -0.2) is 43.4 Å². The van der Waals surface area contributed by atoms with Crippen LogP contribution in [0.25, 0.3) is 0 Å². The fraction of sp³-hybridized carbons (Fsp3) is 1.00. The maximum absolute atomic E-state index is 12.2. The first-order valence-electron chi connectivity index (χ1n) is 4.39. The fourth-order valence-corrected chi connectivity index (χ4v) is 1.61. The van der Waals surface area contributed by atoms with Crippen LogP contribution in [0.3, 0.4) is 0 Å². The molecule has 72 valence electrons. The van der Waals surface area contributed by atoms with Crippen LogP contribution in [-0.2, 0) is 0 Å². The first-order valence-corrected chi connectivity index (χ1v) is 4.39. The summed E-state index contributed by atoms with van der Waals surface area (Å²) in [6, 6.07) is -0.462. The van der Waals surface area contributed by atoms with Crippen LogP contribution < -0.4 is 5.73 Å². The monoisotopic (exact) mass is 178 g/mol. The molecule has 0 aliphatic carbocycles. The topological polar surface area (TPSA) is 29.3 Å². The van der Waals surface area contributed by atoms with Gasteiger partial charge in [-0.05, 0) is 19.4 Å². The van der Waals surface area contributed by atoms with Gasteiger partial charge in [-0.3, -0.25) is 4.90 Å². The minimum absolute atomic E-state index is 0.0966. The molecule has 2 N–H and O–H groups in total. The number of alkyl halides is 2. The second-order valence-electron chi connectivity index (χ2n) is 3.36. The molecule has 1 atom stereocenters. The molecule has 0 aromatic carbocycles. The van der Waals surface area contributed by atoms with E-state index in [2.05, 4.69) is 0 Å². The molecule has 1 heterocycles. The van der Waals surface area contributed by atoms with Gasteiger partial charge in [0.1, 0.15) is 13.3 Å². The normalized spacial score (nSPS) is 26.5. The first kappa shape index (κ1) is 9.86. The highest BCUT2D eigenvalue weighted by molar-refractivity contribution is 4.80. The van der Waals surface area contributed by atoms with Gasteiger partial charge in [-0.2, -0.15) is 0 Å². The Morgan fingerprint density at radius 3 is 2.58 bits per heavy atom. The largest absolute Gasteiger partial charge is 0.327 e. The number of nitrogens with zero attached hydrogens (tertiary/aromatic N) is 1. The van der Waals surface area contributed by atoms with Crippen LogP contribution >= 0.6 is 0 Å². The number of nitrogens with two attached hydrogens (primary N) is 1. The predicted octanol–water partition coefficient (Wildman–Crippen LogP) is 0.717. The van der Waals surface area contributed by atoms with E-state index in [1.807, 2.05) is 4.90 Å². The van der Waals surface area contributed by atoms with Gasteiger partial charge in [0.25, 0.3) is 0 Å². The average Bonchev–Trinajstić information content (AvgIpc) is 2.07. The lowest BCUT2D eigenvalue weighted by molar-refractivity contribution is 0.107. The molecule has 0 spiro atoms. The average molecular weight is 178 g/mol. The third kappa shape index (κ3) is 2.38. The van der Waals surface area contributed by atoms with Crippen LogP contribution in [0.2, 0.25) is 0 Å². The molecule has 12 heavy (non-hydrogen) atoms. The Kier molecular flexibility index (Phi) is 3.88. The van der Waals surface area contributed by atoms with Crippen molar-refractivity contribution in [1.29, 1.82) is 0 Å². The summed E-state index contributed by atoms with van der Waals surface area (Å²) in [6.07, 6.45) is 1.93. The molecule has 0 bridgehead atoms. The Morgan fingerprint density at radius 2 is 2.08 bits per heavy atom. The lowest BCUT2D eigenvalue weighted by atomic mass is 10.1. The van der Waals surface area contributed by atoms with Gasteiger partial charge in [0.05, 0.1) is 6.04 Å². The zero-order chi connectivity index (χ0) is 8.97. The molecule has 0 amide bonds. The second kappa shape index (κ2) is 4.72. The standard InChI is InChI=1S/C8H16F2N2/c9-4-8(5-10)12-3-1-2-7(11)6-12/h7-8H,1-6,11H2. The number of halogens is 2. The molecule has 0 aromatic rings. The van der Waals surface area contributed by atoms with Crippen molar-refractivity contribution in [2.75, 3.05) is 26.4 Å². The summed E-state index contributed by atoms with van der Waals surface area (Å²) in [5.41, 5.74) is 5.69. The van der Waals surface area contributed by atoms with Crippen LogP contribution in [0.4, 0.5) is 8.78 Å². The van der Waals surface area contributed by atoms with Gasteiger partial charge in [-0.15, -0.1) is 0 Å². The van der Waals surface area contributed by atoms with Gasteiger partial charge in [0.15, 0.2) is 0 Å². The Balaban J connectivity index is 2.38. The molecule has 1 rings (SSSR count). The van der Waals surface area contributed by atoms with Crippen LogP contribution in [0.15, 0.2) is 0 Å². The van der Waals surface area contributed by atoms with Gasteiger partial charge in [-0.1, -0.05) is 0 Å². The Morgan fingerprint density at radius 1 is 1.42 bits per heavy atom. The van der Waals surface area contributed by atoms with Gasteiger partial charge >= 0.3 is 0 Å². The minimum Gasteiger partial charge on any atom is -0.327 e. The highest BCUT2D eigenvalue weighted by atomic mass is 19.1. The van der Waals surface area contributed by atoms with E-state index in [0.717, 1.165) is 19.4 Å². The van der Waals surface area contributed by atoms with Crippen LogP contribution in [0.1, 0.15) is 12.8 Å². The summed E-state index contributed by atoms with van der Waals surface area (Å²) in [5, 5.41) is 0. The first-order chi connectivity index (χ1) is 5.77. The number of rotatable bonds is 3. The molecule has 1 saturated heterocycles. The SMILES string of the molecule is NC1CCCN(C(CF)CF)C1. The molecular formula is C8H16F2N2. The molecular weight excluding hydrogens is 162 g/mol. The second-order valence-corrected chi connectivity index (χ2v) is 3.36. The van der Waals surface area contributed by atoms with Crippen molar-refractivity contribution in [3.63, 3.8) is 0 Å². The molecule has 1 aliphatic rings. The molecule has 4 heteroatoms. The van der Waals surface area contributed by atoms with E-state index in [4.69, 9.17) is 5.73 Å². The summed E-state index contributed by atoms with van der Waals surface area (Å²) in [6.45, 7) is 0.206. The van der Waals surface area contributed by atoms with Crippen molar-refractivity contribution in [3.8, 4) is 0 Å². The Hall–Kier alpha value is -0.220. The zero-order valence-electron chi connectivity index (χ0n) is 7.18. The van der Waals surface area contributed by atoms with E-state index < -0.39 is 19.4 Å². The third-order valence-corrected chi connectivity index (χ3v) is 2.36. The minimum atomic E-state index is -0.608. The molecule has 1 fully saturated rings. The van der Waals surface area contributed by atoms with Gasteiger partial charge in [0, 0.05) is 12.6 Å². The Bertz CT molecular complexity index is 128. The fourth-order valence-electron chi connectivity index (χ4n) is 1.61. The lowest BCUT2D eigenvalue weighted by Crippen LogP contribution is -2.49. The summed E-state index contributed by atoms with van der Waals surface area (Å²) < 4.78 is 24.5. The molecule has 1 aliphatic heterocycles. The predicted molar refractivity (Wildman–Crippen MR) is 44.5 cm³/mol. The van der Waals surface area contributed by atoms with E-state index in [0.29, 0.717) is 6.54 Å². The Labute approximate surface area is 71.7 Å². The van der Waals surface area contributed by atoms with Crippen LogP contribution in [0.5, 0.6) is 0 Å². The van der Waals surface area contributed by atoms with Crippen molar-refractivity contribution in [1.82, 2.24) is 4.90 Å². The van der Waals surface area contributed by atoms with Gasteiger partial charge < -0.3 is 5.73 Å². The van der Waals surface area contributed by atoms with Gasteiger partial charge in [-0.25, -0.2) is 8.78 Å². The molecule has 0 aromatic heterocycles. The highest BCUT2D eigenvalue weighted by Gasteiger charge is 2.23. The van der Waals surface area contributed by atoms with Crippen molar-refractivity contribution in [2.24, 2.45) is 5.73 Å². The summed E-state index contributed by atoms with van der Waals surface area (Å²) in [5.74, 6) is 0. The zero-order valence-corrected chi connectivity index (χ0v) is 7.18. The molecule has 0 radical (unpaired) electrons. The van der Waals surface area contributed by atoms with Gasteiger partial charge in [0.2, 0.25) is 0 Å². The maximum atomic E-state index is 12.2. The van der Waals surface area contributed by atoms with E-state index in [1.165, 1.54) is 0 Å². The quantitative estimate of drug-likeness (QED) is 0.690. The number of hydrogen-bond acceptors (Lipinski definition) is 2. The smallest absolute Gasteiger partial charge is 0.107 e. The summed E-state index contributed by atoms with van der Waals surface area (Å²) in [4.78, 5) is 1.81. The highest BCUT2D eigenvalue weighted by Crippen LogP contribution is 2.12. The van der Waals surface area contributed by atoms with E-state index >= 15 is 0 Å². The molecule has 2 nitrogen and oxygen atoms in total. The van der Waals surface area contributed by atoms with Crippen LogP contribution in [0, 0.1) is 0 Å².